The summed E-state index contributed by atoms with van der Waals surface area (Å²) < 4.78 is 4.83. The molecule has 1 aliphatic carbocycles. The first-order chi connectivity index (χ1) is 6.66. The molecule has 1 aliphatic rings. The summed E-state index contributed by atoms with van der Waals surface area (Å²) >= 11 is 0. The Morgan fingerprint density at radius 1 is 1.71 bits per heavy atom. The van der Waals surface area contributed by atoms with E-state index in [1.165, 1.54) is 6.20 Å². The number of amides is 1. The number of hydrogen-bond acceptors (Lipinski definition) is 4. The van der Waals surface area contributed by atoms with E-state index in [1.54, 1.807) is 6.92 Å². The van der Waals surface area contributed by atoms with E-state index in [0.29, 0.717) is 5.76 Å². The second-order valence-electron chi connectivity index (χ2n) is 3.74. The smallest absolute Gasteiger partial charge is 0.290 e. The molecule has 2 rings (SSSR count). The Balaban J connectivity index is 1.93. The second-order valence-corrected chi connectivity index (χ2v) is 3.74. The minimum absolute atomic E-state index is 0.196. The summed E-state index contributed by atoms with van der Waals surface area (Å²) in [6, 6.07) is 0.429. The van der Waals surface area contributed by atoms with Crippen molar-refractivity contribution in [2.24, 2.45) is 5.73 Å². The zero-order chi connectivity index (χ0) is 10.1. The summed E-state index contributed by atoms with van der Waals surface area (Å²) in [7, 11) is 0. The van der Waals surface area contributed by atoms with Crippen LogP contribution in [0.25, 0.3) is 0 Å². The fraction of sp³-hybridized carbons (Fsp3) is 0.556. The molecule has 76 valence electrons. The van der Waals surface area contributed by atoms with E-state index < -0.39 is 0 Å². The van der Waals surface area contributed by atoms with Crippen LogP contribution in [0.15, 0.2) is 10.7 Å². The molecule has 0 aromatic carbocycles. The van der Waals surface area contributed by atoms with Crippen molar-refractivity contribution >= 4 is 5.91 Å². The van der Waals surface area contributed by atoms with E-state index in [-0.39, 0.29) is 18.0 Å². The summed E-state index contributed by atoms with van der Waals surface area (Å²) in [5, 5.41) is 6.39. The highest BCUT2D eigenvalue weighted by Crippen LogP contribution is 2.18. The Hall–Kier alpha value is -1.36. The van der Waals surface area contributed by atoms with Crippen molar-refractivity contribution in [3.63, 3.8) is 0 Å². The van der Waals surface area contributed by atoms with Crippen LogP contribution < -0.4 is 11.1 Å². The Morgan fingerprint density at radius 3 is 2.93 bits per heavy atom. The molecule has 3 N–H and O–H groups in total. The number of nitrogens with one attached hydrogen (secondary N) is 1. The quantitative estimate of drug-likeness (QED) is 0.706. The molecule has 5 heteroatoms. The normalized spacial score (nSPS) is 25.6. The first-order valence-electron chi connectivity index (χ1n) is 4.64. The third-order valence-electron chi connectivity index (χ3n) is 2.46. The first kappa shape index (κ1) is 9.21. The monoisotopic (exact) mass is 195 g/mol. The molecule has 0 aliphatic heterocycles. The van der Waals surface area contributed by atoms with Gasteiger partial charge in [-0.25, -0.2) is 0 Å². The van der Waals surface area contributed by atoms with Gasteiger partial charge in [-0.3, -0.25) is 4.79 Å². The molecule has 1 saturated carbocycles. The van der Waals surface area contributed by atoms with Crippen molar-refractivity contribution < 1.29 is 9.32 Å². The molecule has 1 heterocycles. The average molecular weight is 195 g/mol. The number of carbonyl (C=O) groups is 1. The van der Waals surface area contributed by atoms with Crippen LogP contribution in [0.5, 0.6) is 0 Å². The van der Waals surface area contributed by atoms with Crippen molar-refractivity contribution in [1.82, 2.24) is 10.5 Å². The molecule has 0 radical (unpaired) electrons. The van der Waals surface area contributed by atoms with Crippen LogP contribution in [-0.4, -0.2) is 23.1 Å². The first-order valence-corrected chi connectivity index (χ1v) is 4.64. The number of rotatable bonds is 2. The van der Waals surface area contributed by atoms with Gasteiger partial charge in [0.15, 0.2) is 0 Å². The van der Waals surface area contributed by atoms with Crippen molar-refractivity contribution in [1.29, 1.82) is 0 Å². The predicted molar refractivity (Wildman–Crippen MR) is 49.7 cm³/mol. The highest BCUT2D eigenvalue weighted by molar-refractivity contribution is 5.92. The number of aromatic nitrogens is 1. The molecule has 0 atom stereocenters. The van der Waals surface area contributed by atoms with Gasteiger partial charge in [0.25, 0.3) is 5.91 Å². The third kappa shape index (κ3) is 1.63. The fourth-order valence-electron chi connectivity index (χ4n) is 1.54. The van der Waals surface area contributed by atoms with Crippen LogP contribution in [0.4, 0.5) is 0 Å². The minimum atomic E-state index is -0.197. The van der Waals surface area contributed by atoms with Gasteiger partial charge in [0.2, 0.25) is 5.76 Å². The van der Waals surface area contributed by atoms with Crippen molar-refractivity contribution in [3.8, 4) is 0 Å². The molecule has 5 nitrogen and oxygen atoms in total. The van der Waals surface area contributed by atoms with E-state index in [9.17, 15) is 4.79 Å². The Bertz CT molecular complexity index is 342. The standard InChI is InChI=1S/C9H13N3O2/c1-5-4-11-14-8(5)9(13)12-7-2-6(10)3-7/h4,6-7H,2-3,10H2,1H3,(H,12,13). The lowest BCUT2D eigenvalue weighted by Crippen LogP contribution is -2.50. The van der Waals surface area contributed by atoms with Gasteiger partial charge in [0.1, 0.15) is 0 Å². The molecular formula is C9H13N3O2. The van der Waals surface area contributed by atoms with E-state index in [4.69, 9.17) is 10.3 Å². The van der Waals surface area contributed by atoms with Crippen LogP contribution in [0, 0.1) is 6.92 Å². The molecule has 0 bridgehead atoms. The Morgan fingerprint density at radius 2 is 2.43 bits per heavy atom. The zero-order valence-corrected chi connectivity index (χ0v) is 7.99. The fourth-order valence-corrected chi connectivity index (χ4v) is 1.54. The lowest BCUT2D eigenvalue weighted by molar-refractivity contribution is 0.0871. The molecule has 1 aromatic rings. The zero-order valence-electron chi connectivity index (χ0n) is 7.99. The van der Waals surface area contributed by atoms with Gasteiger partial charge < -0.3 is 15.6 Å². The summed E-state index contributed by atoms with van der Waals surface area (Å²) in [5.74, 6) is 0.0994. The van der Waals surface area contributed by atoms with Gasteiger partial charge in [-0.1, -0.05) is 5.16 Å². The maximum atomic E-state index is 11.6. The number of carbonyl (C=O) groups excluding carboxylic acids is 1. The topological polar surface area (TPSA) is 81.2 Å². The molecule has 1 amide bonds. The van der Waals surface area contributed by atoms with Gasteiger partial charge in [0, 0.05) is 17.6 Å². The van der Waals surface area contributed by atoms with Crippen LogP contribution in [-0.2, 0) is 0 Å². The molecule has 1 aromatic heterocycles. The Kier molecular flexibility index (Phi) is 2.25. The third-order valence-corrected chi connectivity index (χ3v) is 2.46. The second kappa shape index (κ2) is 3.42. The van der Waals surface area contributed by atoms with Gasteiger partial charge in [0.05, 0.1) is 6.20 Å². The van der Waals surface area contributed by atoms with Crippen molar-refractivity contribution in [3.05, 3.63) is 17.5 Å². The number of nitrogens with zero attached hydrogens (tertiary/aromatic N) is 1. The van der Waals surface area contributed by atoms with E-state index >= 15 is 0 Å². The summed E-state index contributed by atoms with van der Waals surface area (Å²) in [6.45, 7) is 1.79. The summed E-state index contributed by atoms with van der Waals surface area (Å²) in [6.07, 6.45) is 3.22. The SMILES string of the molecule is Cc1cnoc1C(=O)NC1CC(N)C1. The van der Waals surface area contributed by atoms with E-state index in [0.717, 1.165) is 18.4 Å². The maximum absolute atomic E-state index is 11.6. The lowest BCUT2D eigenvalue weighted by Gasteiger charge is -2.32. The van der Waals surface area contributed by atoms with Gasteiger partial charge >= 0.3 is 0 Å². The molecule has 0 unspecified atom stereocenters. The highest BCUT2D eigenvalue weighted by Gasteiger charge is 2.28. The van der Waals surface area contributed by atoms with E-state index in [1.807, 2.05) is 0 Å². The molecule has 0 spiro atoms. The number of hydrogen-bond donors (Lipinski definition) is 2. The largest absolute Gasteiger partial charge is 0.351 e. The number of aryl methyl sites for hydroxylation is 1. The summed E-state index contributed by atoms with van der Waals surface area (Å²) in [5.41, 5.74) is 6.36. The number of nitrogens with two attached hydrogens (primary N) is 1. The predicted octanol–water partition coefficient (Wildman–Crippen LogP) is 0.203. The van der Waals surface area contributed by atoms with Gasteiger partial charge in [-0.15, -0.1) is 0 Å². The van der Waals surface area contributed by atoms with Gasteiger partial charge in [-0.2, -0.15) is 0 Å². The minimum Gasteiger partial charge on any atom is -0.351 e. The van der Waals surface area contributed by atoms with Crippen LogP contribution in [0.3, 0.4) is 0 Å². The Labute approximate surface area is 81.6 Å². The van der Waals surface area contributed by atoms with Crippen molar-refractivity contribution in [2.75, 3.05) is 0 Å². The lowest BCUT2D eigenvalue weighted by atomic mass is 9.87. The summed E-state index contributed by atoms with van der Waals surface area (Å²) in [4.78, 5) is 11.6. The van der Waals surface area contributed by atoms with Crippen molar-refractivity contribution in [2.45, 2.75) is 31.8 Å². The molecule has 1 fully saturated rings. The molecule has 14 heavy (non-hydrogen) atoms. The molecular weight excluding hydrogens is 182 g/mol. The van der Waals surface area contributed by atoms with Crippen LogP contribution in [0.1, 0.15) is 29.0 Å². The van der Waals surface area contributed by atoms with Crippen LogP contribution in [0.2, 0.25) is 0 Å². The average Bonchev–Trinajstić information content (AvgIpc) is 2.48. The maximum Gasteiger partial charge on any atom is 0.290 e. The van der Waals surface area contributed by atoms with Crippen LogP contribution >= 0.6 is 0 Å². The molecule has 0 saturated heterocycles. The van der Waals surface area contributed by atoms with E-state index in [2.05, 4.69) is 10.5 Å². The van der Waals surface area contributed by atoms with Gasteiger partial charge in [-0.05, 0) is 19.8 Å². The highest BCUT2D eigenvalue weighted by atomic mass is 16.5.